The Morgan fingerprint density at radius 3 is 1.32 bits per heavy atom. The molecule has 3 rings (SSSR count). The van der Waals surface area contributed by atoms with Crippen molar-refractivity contribution in [2.75, 3.05) is 0 Å². The minimum atomic E-state index is -4.60. The van der Waals surface area contributed by atoms with E-state index in [-0.39, 0.29) is 47.1 Å². The molecule has 34 heavy (non-hydrogen) atoms. The van der Waals surface area contributed by atoms with Gasteiger partial charge in [-0.1, -0.05) is 101 Å². The molecule has 0 aliphatic carbocycles. The summed E-state index contributed by atoms with van der Waals surface area (Å²) in [4.78, 5) is -0.566. The molecule has 0 fully saturated rings. The van der Waals surface area contributed by atoms with Gasteiger partial charge in [-0.25, -0.2) is 8.42 Å². The molecule has 0 bridgehead atoms. The lowest BCUT2D eigenvalue weighted by Crippen LogP contribution is -3.61. The van der Waals surface area contributed by atoms with Crippen molar-refractivity contribution in [3.8, 4) is 0 Å². The van der Waals surface area contributed by atoms with E-state index in [9.17, 15) is 13.0 Å². The Kier molecular flexibility index (Phi) is 9.93. The number of halogens is 4. The normalized spacial score (nSPS) is 12.2. The summed E-state index contributed by atoms with van der Waals surface area (Å²) in [5.41, 5.74) is 3.31. The lowest BCUT2D eigenvalue weighted by molar-refractivity contribution is -0.597. The molecule has 0 radical (unpaired) electrons. The van der Waals surface area contributed by atoms with Crippen molar-refractivity contribution in [1.82, 2.24) is 0 Å². The van der Waals surface area contributed by atoms with Crippen LogP contribution in [0.5, 0.6) is 0 Å². The van der Waals surface area contributed by atoms with Gasteiger partial charge in [-0.15, -0.1) is 0 Å². The lowest BCUT2D eigenvalue weighted by Gasteiger charge is -2.18. The molecule has 0 aliphatic rings. The highest BCUT2D eigenvalue weighted by Crippen LogP contribution is 2.31. The van der Waals surface area contributed by atoms with Crippen LogP contribution in [0, 0.1) is 7.14 Å². The number of hydrogen-bond donors (Lipinski definition) is 0. The second-order valence-electron chi connectivity index (χ2n) is 9.76. The van der Waals surface area contributed by atoms with Crippen molar-refractivity contribution < 1.29 is 34.2 Å². The van der Waals surface area contributed by atoms with Gasteiger partial charge < -0.3 is 4.55 Å². The Morgan fingerprint density at radius 2 is 1.00 bits per heavy atom. The van der Waals surface area contributed by atoms with Gasteiger partial charge in [-0.3, -0.25) is 0 Å². The first-order valence-corrected chi connectivity index (χ1v) is 15.1. The molecule has 0 amide bonds. The topological polar surface area (TPSA) is 57.2 Å². The molecule has 0 atom stereocenters. The van der Waals surface area contributed by atoms with Crippen LogP contribution >= 0.6 is 34.8 Å². The lowest BCUT2D eigenvalue weighted by atomic mass is 9.87. The summed E-state index contributed by atoms with van der Waals surface area (Å²) >= 11 is 16.4. The highest BCUT2D eigenvalue weighted by atomic mass is 127. The first-order valence-electron chi connectivity index (χ1n) is 10.4. The van der Waals surface area contributed by atoms with Crippen molar-refractivity contribution in [3.05, 3.63) is 94.0 Å². The molecule has 0 saturated heterocycles. The summed E-state index contributed by atoms with van der Waals surface area (Å²) in [6.07, 6.45) is 0. The summed E-state index contributed by atoms with van der Waals surface area (Å²) in [7, 11) is -4.60. The Hall–Kier alpha value is -0.830. The fourth-order valence-corrected chi connectivity index (χ4v) is 6.46. The molecule has 3 aromatic rings. The highest BCUT2D eigenvalue weighted by Gasteiger charge is 2.20. The molecule has 3 aromatic carbocycles. The maximum atomic E-state index is 10.6. The quantitative estimate of drug-likeness (QED) is 0.228. The maximum absolute atomic E-state index is 10.6. The number of hydrogen-bond acceptors (Lipinski definition) is 3. The Morgan fingerprint density at radius 1 is 0.647 bits per heavy atom. The third-order valence-electron chi connectivity index (χ3n) is 4.88. The molecule has 0 spiro atoms. The average molecular weight is 654 g/mol. The van der Waals surface area contributed by atoms with E-state index in [1.54, 1.807) is 0 Å². The molecule has 0 saturated carbocycles. The van der Waals surface area contributed by atoms with Crippen molar-refractivity contribution in [1.29, 1.82) is 0 Å². The summed E-state index contributed by atoms with van der Waals surface area (Å²) in [6.45, 7) is 13.6. The van der Waals surface area contributed by atoms with Gasteiger partial charge in [0.15, 0.2) is 7.14 Å². The van der Waals surface area contributed by atoms with Crippen molar-refractivity contribution >= 4 is 44.9 Å². The van der Waals surface area contributed by atoms with Crippen LogP contribution in [-0.4, -0.2) is 13.0 Å². The standard InChI is InChI=1S/C20H26I.C6H3Cl3O3S/c1-19(2,3)15-7-11-17(12-8-15)21-18-13-9-16(10-14-18)20(4,5)6;7-3-1-5(9)6(2-4(3)8)13(10,11)12/h7-14H,1-6H3;1-2H,(H,10,11,12)/q+1;/p-1. The molecule has 8 heteroatoms. The van der Waals surface area contributed by atoms with E-state index in [1.165, 1.54) is 18.3 Å². The first kappa shape index (κ1) is 29.4. The van der Waals surface area contributed by atoms with Gasteiger partial charge in [-0.05, 0) is 58.4 Å². The molecular weight excluding hydrogens is 626 g/mol. The fourth-order valence-electron chi connectivity index (χ4n) is 2.85. The van der Waals surface area contributed by atoms with Crippen LogP contribution in [-0.2, 0) is 20.9 Å². The number of rotatable bonds is 3. The van der Waals surface area contributed by atoms with Gasteiger partial charge in [0.2, 0.25) is 0 Å². The van der Waals surface area contributed by atoms with Crippen LogP contribution in [0.25, 0.3) is 0 Å². The first-order chi connectivity index (χ1) is 15.5. The minimum Gasteiger partial charge on any atom is -0.744 e. The van der Waals surface area contributed by atoms with E-state index in [1.807, 2.05) is 0 Å². The maximum Gasteiger partial charge on any atom is 0.357 e. The Balaban J connectivity index is 0.000000270. The van der Waals surface area contributed by atoms with Crippen LogP contribution in [0.2, 0.25) is 15.1 Å². The third kappa shape index (κ3) is 8.68. The molecule has 0 aromatic heterocycles. The second-order valence-corrected chi connectivity index (χ2v) is 15.4. The van der Waals surface area contributed by atoms with E-state index >= 15 is 0 Å². The molecule has 3 nitrogen and oxygen atoms in total. The summed E-state index contributed by atoms with van der Waals surface area (Å²) in [6, 6.07) is 20.4. The monoisotopic (exact) mass is 652 g/mol. The minimum absolute atomic E-state index is 0.0273. The predicted molar refractivity (Wildman–Crippen MR) is 137 cm³/mol. The molecule has 0 N–H and O–H groups in total. The largest absolute Gasteiger partial charge is 0.744 e. The highest BCUT2D eigenvalue weighted by molar-refractivity contribution is 7.85. The Bertz CT molecular complexity index is 1170. The van der Waals surface area contributed by atoms with Crippen molar-refractivity contribution in [2.24, 2.45) is 0 Å². The van der Waals surface area contributed by atoms with Crippen LogP contribution in [0.3, 0.4) is 0 Å². The zero-order valence-electron chi connectivity index (χ0n) is 19.9. The summed E-state index contributed by atoms with van der Waals surface area (Å²) in [5.74, 6) is 0. The Labute approximate surface area is 228 Å². The smallest absolute Gasteiger partial charge is 0.357 e. The van der Waals surface area contributed by atoms with Gasteiger partial charge in [0.25, 0.3) is 0 Å². The van der Waals surface area contributed by atoms with E-state index in [0.717, 1.165) is 12.1 Å². The van der Waals surface area contributed by atoms with Gasteiger partial charge in [0.1, 0.15) is 10.1 Å². The molecule has 0 aliphatic heterocycles. The van der Waals surface area contributed by atoms with Gasteiger partial charge in [-0.2, -0.15) is 0 Å². The summed E-state index contributed by atoms with van der Waals surface area (Å²) in [5, 5.41) is -0.163. The zero-order valence-corrected chi connectivity index (χ0v) is 25.2. The third-order valence-corrected chi connectivity index (χ3v) is 9.59. The van der Waals surface area contributed by atoms with E-state index in [2.05, 4.69) is 90.1 Å². The molecule has 184 valence electrons. The molecular formula is C26H28Cl3IO3S. The van der Waals surface area contributed by atoms with E-state index in [0.29, 0.717) is 0 Å². The summed E-state index contributed by atoms with van der Waals surface area (Å²) < 4.78 is 34.7. The van der Waals surface area contributed by atoms with E-state index in [4.69, 9.17) is 34.8 Å². The second kappa shape index (κ2) is 11.5. The SMILES string of the molecule is CC(C)(C)c1ccc([I+]c2ccc(C(C)(C)C)cc2)cc1.O=S(=O)([O-])c1cc(Cl)c(Cl)cc1Cl. The van der Waals surface area contributed by atoms with Gasteiger partial charge >= 0.3 is 21.2 Å². The van der Waals surface area contributed by atoms with Gasteiger partial charge in [0.05, 0.1) is 20.0 Å². The van der Waals surface area contributed by atoms with Crippen LogP contribution < -0.4 is 21.2 Å². The zero-order chi connectivity index (χ0) is 25.9. The van der Waals surface area contributed by atoms with Crippen LogP contribution in [0.4, 0.5) is 0 Å². The average Bonchev–Trinajstić information content (AvgIpc) is 2.70. The predicted octanol–water partition coefficient (Wildman–Crippen LogP) is 4.96. The van der Waals surface area contributed by atoms with Crippen LogP contribution in [0.15, 0.2) is 65.6 Å². The van der Waals surface area contributed by atoms with Crippen molar-refractivity contribution in [2.45, 2.75) is 57.3 Å². The number of benzene rings is 3. The van der Waals surface area contributed by atoms with Crippen molar-refractivity contribution in [3.63, 3.8) is 0 Å². The van der Waals surface area contributed by atoms with Crippen LogP contribution in [0.1, 0.15) is 52.7 Å². The van der Waals surface area contributed by atoms with E-state index < -0.39 is 15.0 Å². The molecule has 0 heterocycles. The van der Waals surface area contributed by atoms with Gasteiger partial charge in [0, 0.05) is 0 Å². The fraction of sp³-hybridized carbons (Fsp3) is 0.308. The molecule has 0 unspecified atom stereocenters.